The molecule has 1 aliphatic heterocycles. The van der Waals surface area contributed by atoms with E-state index in [1.54, 1.807) is 12.3 Å². The van der Waals surface area contributed by atoms with Gasteiger partial charge in [0.25, 0.3) is 5.56 Å². The Kier molecular flexibility index (Phi) is 4.15. The molecule has 1 aromatic carbocycles. The first-order valence-electron chi connectivity index (χ1n) is 8.06. The highest BCUT2D eigenvalue weighted by Gasteiger charge is 2.12. The van der Waals surface area contributed by atoms with Crippen molar-refractivity contribution in [2.24, 2.45) is 0 Å². The number of benzene rings is 1. The van der Waals surface area contributed by atoms with Gasteiger partial charge >= 0.3 is 0 Å². The van der Waals surface area contributed by atoms with Crippen molar-refractivity contribution in [1.82, 2.24) is 14.7 Å². The fourth-order valence-corrected chi connectivity index (χ4v) is 3.27. The van der Waals surface area contributed by atoms with Gasteiger partial charge in [0.15, 0.2) is 0 Å². The highest BCUT2D eigenvalue weighted by Crippen LogP contribution is 2.23. The number of hydrogen-bond acceptors (Lipinski definition) is 4. The van der Waals surface area contributed by atoms with E-state index in [4.69, 9.17) is 11.6 Å². The lowest BCUT2D eigenvalue weighted by molar-refractivity contribution is 0.588. The van der Waals surface area contributed by atoms with Crippen LogP contribution in [-0.4, -0.2) is 35.6 Å². The van der Waals surface area contributed by atoms with E-state index in [0.29, 0.717) is 16.9 Å². The minimum atomic E-state index is -0.460. The Morgan fingerprint density at radius 2 is 1.92 bits per heavy atom. The van der Waals surface area contributed by atoms with Crippen LogP contribution < -0.4 is 15.8 Å². The fraction of sp³-hybridized carbons (Fsp3) is 0.222. The van der Waals surface area contributed by atoms with E-state index in [0.717, 1.165) is 31.9 Å². The Morgan fingerprint density at radius 1 is 1.12 bits per heavy atom. The summed E-state index contributed by atoms with van der Waals surface area (Å²) in [5.41, 5.74) is 2.18. The lowest BCUT2D eigenvalue weighted by atomic mass is 10.1. The maximum absolute atomic E-state index is 13.6. The molecule has 0 bridgehead atoms. The lowest BCUT2D eigenvalue weighted by Gasteiger charge is -2.29. The number of nitrogens with zero attached hydrogens (tertiary/aromatic N) is 3. The minimum Gasteiger partial charge on any atom is -0.368 e. The largest absolute Gasteiger partial charge is 0.368 e. The van der Waals surface area contributed by atoms with Crippen LogP contribution in [-0.2, 0) is 0 Å². The molecule has 3 aromatic rings. The first-order valence-corrected chi connectivity index (χ1v) is 8.43. The molecule has 4 rings (SSSR count). The van der Waals surface area contributed by atoms with Gasteiger partial charge in [-0.15, -0.1) is 0 Å². The molecule has 1 aliphatic rings. The summed E-state index contributed by atoms with van der Waals surface area (Å²) >= 11 is 5.90. The number of piperazine rings is 1. The molecule has 5 nitrogen and oxygen atoms in total. The monoisotopic (exact) mass is 358 g/mol. The SMILES string of the molecule is O=c1cc(-c2cc(F)cc(Cl)c2)nc2ccc(N3CCNCC3)cn12. The highest BCUT2D eigenvalue weighted by molar-refractivity contribution is 6.30. The first-order chi connectivity index (χ1) is 12.1. The van der Waals surface area contributed by atoms with Crippen molar-refractivity contribution in [2.45, 2.75) is 0 Å². The van der Waals surface area contributed by atoms with E-state index < -0.39 is 5.82 Å². The van der Waals surface area contributed by atoms with Crippen LogP contribution in [0, 0.1) is 5.82 Å². The van der Waals surface area contributed by atoms with Gasteiger partial charge in [0, 0.05) is 49.0 Å². The standard InChI is InChI=1S/C18H16ClFN4O/c19-13-7-12(8-14(20)9-13)16-10-18(25)24-11-15(1-2-17(24)22-16)23-5-3-21-4-6-23/h1-2,7-11,21H,3-6H2. The second-order valence-electron chi connectivity index (χ2n) is 5.99. The van der Waals surface area contributed by atoms with Crippen LogP contribution in [0.25, 0.3) is 16.9 Å². The molecular weight excluding hydrogens is 343 g/mol. The predicted molar refractivity (Wildman–Crippen MR) is 96.9 cm³/mol. The van der Waals surface area contributed by atoms with E-state index >= 15 is 0 Å². The van der Waals surface area contributed by atoms with Crippen molar-refractivity contribution in [3.63, 3.8) is 0 Å². The maximum Gasteiger partial charge on any atom is 0.258 e. The molecule has 0 saturated carbocycles. The Hall–Kier alpha value is -2.44. The second-order valence-corrected chi connectivity index (χ2v) is 6.43. The average molecular weight is 359 g/mol. The number of hydrogen-bond donors (Lipinski definition) is 1. The summed E-state index contributed by atoms with van der Waals surface area (Å²) in [6.07, 6.45) is 1.80. The number of pyridine rings is 1. The molecule has 1 saturated heterocycles. The van der Waals surface area contributed by atoms with Gasteiger partial charge in [-0.2, -0.15) is 0 Å². The molecular formula is C18H16ClFN4O. The van der Waals surface area contributed by atoms with Crippen molar-refractivity contribution in [2.75, 3.05) is 31.1 Å². The summed E-state index contributed by atoms with van der Waals surface area (Å²) in [6.45, 7) is 3.63. The predicted octanol–water partition coefficient (Wildman–Crippen LogP) is 2.56. The van der Waals surface area contributed by atoms with Crippen molar-refractivity contribution in [3.8, 4) is 11.3 Å². The number of fused-ring (bicyclic) bond motifs is 1. The minimum absolute atomic E-state index is 0.211. The molecule has 1 N–H and O–H groups in total. The molecule has 3 heterocycles. The van der Waals surface area contributed by atoms with Crippen LogP contribution in [0.5, 0.6) is 0 Å². The Labute approximate surface area is 148 Å². The van der Waals surface area contributed by atoms with Crippen molar-refractivity contribution < 1.29 is 4.39 Å². The van der Waals surface area contributed by atoms with Crippen LogP contribution >= 0.6 is 11.6 Å². The van der Waals surface area contributed by atoms with Gasteiger partial charge in [-0.1, -0.05) is 11.6 Å². The number of aromatic nitrogens is 2. The molecule has 0 unspecified atom stereocenters. The van der Waals surface area contributed by atoms with E-state index in [-0.39, 0.29) is 10.6 Å². The lowest BCUT2D eigenvalue weighted by Crippen LogP contribution is -2.43. The summed E-state index contributed by atoms with van der Waals surface area (Å²) in [5, 5.41) is 3.57. The summed E-state index contributed by atoms with van der Waals surface area (Å²) in [6, 6.07) is 9.30. The number of anilines is 1. The third-order valence-corrected chi connectivity index (χ3v) is 4.50. The summed E-state index contributed by atoms with van der Waals surface area (Å²) in [4.78, 5) is 19.2. The molecule has 0 amide bonds. The number of nitrogens with one attached hydrogen (secondary N) is 1. The Balaban J connectivity index is 1.79. The van der Waals surface area contributed by atoms with Crippen molar-refractivity contribution in [1.29, 1.82) is 0 Å². The first kappa shape index (κ1) is 16.1. The van der Waals surface area contributed by atoms with Crippen molar-refractivity contribution in [3.05, 3.63) is 63.8 Å². The zero-order chi connectivity index (χ0) is 17.4. The van der Waals surface area contributed by atoms with E-state index in [1.807, 2.05) is 12.1 Å². The van der Waals surface area contributed by atoms with Gasteiger partial charge in [-0.25, -0.2) is 9.37 Å². The van der Waals surface area contributed by atoms with Gasteiger partial charge in [-0.3, -0.25) is 9.20 Å². The molecule has 7 heteroatoms. The normalized spacial score (nSPS) is 14.9. The molecule has 25 heavy (non-hydrogen) atoms. The molecule has 2 aromatic heterocycles. The summed E-state index contributed by atoms with van der Waals surface area (Å²) in [5.74, 6) is -0.460. The molecule has 1 fully saturated rings. The molecule has 128 valence electrons. The Bertz CT molecular complexity index is 978. The zero-order valence-electron chi connectivity index (χ0n) is 13.4. The average Bonchev–Trinajstić information content (AvgIpc) is 2.61. The van der Waals surface area contributed by atoms with Gasteiger partial charge < -0.3 is 10.2 Å². The van der Waals surface area contributed by atoms with Crippen LogP contribution in [0.2, 0.25) is 5.02 Å². The third-order valence-electron chi connectivity index (χ3n) is 4.28. The quantitative estimate of drug-likeness (QED) is 0.765. The third kappa shape index (κ3) is 3.23. The van der Waals surface area contributed by atoms with E-state index in [2.05, 4.69) is 15.2 Å². The van der Waals surface area contributed by atoms with Gasteiger partial charge in [0.2, 0.25) is 0 Å². The van der Waals surface area contributed by atoms with Gasteiger partial charge in [-0.05, 0) is 30.3 Å². The van der Waals surface area contributed by atoms with E-state index in [9.17, 15) is 9.18 Å². The second kappa shape index (κ2) is 6.46. The number of rotatable bonds is 2. The summed E-state index contributed by atoms with van der Waals surface area (Å²) < 4.78 is 15.1. The van der Waals surface area contributed by atoms with E-state index in [1.165, 1.54) is 22.6 Å². The number of halogens is 2. The molecule has 0 spiro atoms. The van der Waals surface area contributed by atoms with Gasteiger partial charge in [0.1, 0.15) is 11.5 Å². The molecule has 0 radical (unpaired) electrons. The fourth-order valence-electron chi connectivity index (χ4n) is 3.05. The zero-order valence-corrected chi connectivity index (χ0v) is 14.1. The van der Waals surface area contributed by atoms with Crippen LogP contribution in [0.4, 0.5) is 10.1 Å². The van der Waals surface area contributed by atoms with Crippen LogP contribution in [0.3, 0.4) is 0 Å². The smallest absolute Gasteiger partial charge is 0.258 e. The van der Waals surface area contributed by atoms with Crippen molar-refractivity contribution >= 4 is 22.9 Å². The topological polar surface area (TPSA) is 49.6 Å². The summed E-state index contributed by atoms with van der Waals surface area (Å²) in [7, 11) is 0. The van der Waals surface area contributed by atoms with Gasteiger partial charge in [0.05, 0.1) is 11.4 Å². The molecule has 0 aliphatic carbocycles. The molecule has 0 atom stereocenters. The maximum atomic E-state index is 13.6. The van der Waals surface area contributed by atoms with Crippen LogP contribution in [0.15, 0.2) is 47.4 Å². The highest BCUT2D eigenvalue weighted by atomic mass is 35.5. The Morgan fingerprint density at radius 3 is 2.68 bits per heavy atom. The van der Waals surface area contributed by atoms with Crippen LogP contribution in [0.1, 0.15) is 0 Å².